The van der Waals surface area contributed by atoms with E-state index in [1.807, 2.05) is 20.8 Å². The monoisotopic (exact) mass is 311 g/mol. The normalized spacial score (nSPS) is 22.3. The predicted octanol–water partition coefficient (Wildman–Crippen LogP) is 2.98. The maximum Gasteiger partial charge on any atom is 0.224 e. The Morgan fingerprint density at radius 3 is 2.68 bits per heavy atom. The molecule has 1 aromatic rings. The van der Waals surface area contributed by atoms with Crippen LogP contribution in [-0.2, 0) is 4.79 Å². The highest BCUT2D eigenvalue weighted by atomic mass is 19.1. The molecule has 1 fully saturated rings. The fourth-order valence-electron chi connectivity index (χ4n) is 2.84. The van der Waals surface area contributed by atoms with E-state index in [9.17, 15) is 18.7 Å². The minimum Gasteiger partial charge on any atom is -0.394 e. The molecule has 122 valence electrons. The molecule has 0 saturated heterocycles. The Hall–Kier alpha value is -1.49. The summed E-state index contributed by atoms with van der Waals surface area (Å²) >= 11 is 0. The van der Waals surface area contributed by atoms with Crippen LogP contribution < -0.4 is 5.32 Å². The fraction of sp³-hybridized carbons (Fsp3) is 0.588. The molecule has 0 radical (unpaired) electrons. The summed E-state index contributed by atoms with van der Waals surface area (Å²) in [6.07, 6.45) is 1.17. The van der Waals surface area contributed by atoms with Crippen LogP contribution in [0, 0.1) is 23.0 Å². The van der Waals surface area contributed by atoms with Gasteiger partial charge in [0.2, 0.25) is 5.91 Å². The molecule has 22 heavy (non-hydrogen) atoms. The van der Waals surface area contributed by atoms with Crippen LogP contribution in [0.25, 0.3) is 0 Å². The van der Waals surface area contributed by atoms with Crippen molar-refractivity contribution in [1.29, 1.82) is 0 Å². The van der Waals surface area contributed by atoms with Gasteiger partial charge < -0.3 is 10.4 Å². The molecule has 1 aromatic carbocycles. The summed E-state index contributed by atoms with van der Waals surface area (Å²) in [4.78, 5) is 12.2. The van der Waals surface area contributed by atoms with Crippen molar-refractivity contribution in [2.75, 3.05) is 6.61 Å². The smallest absolute Gasteiger partial charge is 0.224 e. The molecule has 5 heteroatoms. The highest BCUT2D eigenvalue weighted by Gasteiger charge is 2.45. The first kappa shape index (κ1) is 16.9. The van der Waals surface area contributed by atoms with E-state index in [1.54, 1.807) is 0 Å². The topological polar surface area (TPSA) is 49.3 Å². The number of hydrogen-bond donors (Lipinski definition) is 2. The Balaban J connectivity index is 1.97. The molecule has 3 unspecified atom stereocenters. The van der Waals surface area contributed by atoms with E-state index in [-0.39, 0.29) is 41.4 Å². The summed E-state index contributed by atoms with van der Waals surface area (Å²) in [5.74, 6) is -1.79. The molecule has 1 aliphatic rings. The molecule has 1 aliphatic carbocycles. The van der Waals surface area contributed by atoms with Crippen LogP contribution in [0.1, 0.15) is 45.1 Å². The van der Waals surface area contributed by atoms with Gasteiger partial charge in [0.1, 0.15) is 11.6 Å². The number of benzene rings is 1. The zero-order chi connectivity index (χ0) is 16.5. The van der Waals surface area contributed by atoms with Crippen molar-refractivity contribution in [3.05, 3.63) is 35.4 Å². The number of aliphatic hydroxyl groups excluding tert-OH is 1. The van der Waals surface area contributed by atoms with E-state index >= 15 is 0 Å². The van der Waals surface area contributed by atoms with Gasteiger partial charge in [0, 0.05) is 5.92 Å². The second-order valence-corrected chi connectivity index (χ2v) is 7.27. The van der Waals surface area contributed by atoms with E-state index < -0.39 is 11.6 Å². The third-order valence-corrected chi connectivity index (χ3v) is 3.91. The molecule has 3 nitrogen and oxygen atoms in total. The minimum atomic E-state index is -0.497. The van der Waals surface area contributed by atoms with E-state index in [1.165, 1.54) is 0 Å². The highest BCUT2D eigenvalue weighted by molar-refractivity contribution is 5.83. The summed E-state index contributed by atoms with van der Waals surface area (Å²) in [5.41, 5.74) is 0.245. The predicted molar refractivity (Wildman–Crippen MR) is 80.3 cm³/mol. The van der Waals surface area contributed by atoms with E-state index in [4.69, 9.17) is 0 Å². The largest absolute Gasteiger partial charge is 0.394 e. The second kappa shape index (κ2) is 6.32. The fourth-order valence-corrected chi connectivity index (χ4v) is 2.84. The Morgan fingerprint density at radius 2 is 2.09 bits per heavy atom. The van der Waals surface area contributed by atoms with Gasteiger partial charge in [-0.3, -0.25) is 4.79 Å². The van der Waals surface area contributed by atoms with E-state index in [0.29, 0.717) is 12.8 Å². The number of nitrogens with one attached hydrogen (secondary N) is 1. The second-order valence-electron chi connectivity index (χ2n) is 7.27. The summed E-state index contributed by atoms with van der Waals surface area (Å²) < 4.78 is 26.9. The van der Waals surface area contributed by atoms with Crippen LogP contribution in [0.3, 0.4) is 0 Å². The summed E-state index contributed by atoms with van der Waals surface area (Å²) in [5, 5.41) is 12.2. The van der Waals surface area contributed by atoms with Crippen molar-refractivity contribution in [3.8, 4) is 0 Å². The Bertz CT molecular complexity index is 554. The van der Waals surface area contributed by atoms with Gasteiger partial charge in [-0.2, -0.15) is 0 Å². The third-order valence-electron chi connectivity index (χ3n) is 3.91. The van der Waals surface area contributed by atoms with Crippen molar-refractivity contribution >= 4 is 5.91 Å². The van der Waals surface area contributed by atoms with Gasteiger partial charge in [-0.25, -0.2) is 8.78 Å². The molecule has 1 amide bonds. The quantitative estimate of drug-likeness (QED) is 0.878. The molecule has 2 rings (SSSR count). The number of hydrogen-bond acceptors (Lipinski definition) is 2. The molecular weight excluding hydrogens is 288 g/mol. The van der Waals surface area contributed by atoms with Gasteiger partial charge >= 0.3 is 0 Å². The van der Waals surface area contributed by atoms with Crippen molar-refractivity contribution in [1.82, 2.24) is 5.32 Å². The van der Waals surface area contributed by atoms with Crippen molar-refractivity contribution in [3.63, 3.8) is 0 Å². The summed E-state index contributed by atoms with van der Waals surface area (Å²) in [7, 11) is 0. The summed E-state index contributed by atoms with van der Waals surface area (Å²) in [6, 6.07) is 3.01. The molecule has 0 spiro atoms. The molecule has 2 N–H and O–H groups in total. The van der Waals surface area contributed by atoms with E-state index in [2.05, 4.69) is 5.32 Å². The molecule has 0 bridgehead atoms. The van der Waals surface area contributed by atoms with Gasteiger partial charge in [0.05, 0.1) is 12.6 Å². The Morgan fingerprint density at radius 1 is 1.41 bits per heavy atom. The maximum atomic E-state index is 13.7. The third kappa shape index (κ3) is 4.26. The zero-order valence-electron chi connectivity index (χ0n) is 13.2. The Labute approximate surface area is 129 Å². The Kier molecular flexibility index (Phi) is 4.85. The van der Waals surface area contributed by atoms with E-state index in [0.717, 1.165) is 18.2 Å². The first-order valence-electron chi connectivity index (χ1n) is 7.57. The lowest BCUT2D eigenvalue weighted by molar-refractivity contribution is -0.123. The van der Waals surface area contributed by atoms with Gasteiger partial charge in [-0.15, -0.1) is 0 Å². The summed E-state index contributed by atoms with van der Waals surface area (Å²) in [6.45, 7) is 5.96. The van der Waals surface area contributed by atoms with Gasteiger partial charge in [0.25, 0.3) is 0 Å². The van der Waals surface area contributed by atoms with Crippen LogP contribution in [0.15, 0.2) is 18.2 Å². The lowest BCUT2D eigenvalue weighted by Crippen LogP contribution is -2.41. The first-order valence-corrected chi connectivity index (χ1v) is 7.57. The average Bonchev–Trinajstić information content (AvgIpc) is 3.19. The van der Waals surface area contributed by atoms with Crippen LogP contribution >= 0.6 is 0 Å². The van der Waals surface area contributed by atoms with Crippen molar-refractivity contribution < 1.29 is 18.7 Å². The minimum absolute atomic E-state index is 0.0156. The average molecular weight is 311 g/mol. The maximum absolute atomic E-state index is 13.7. The number of rotatable bonds is 5. The molecule has 0 aromatic heterocycles. The van der Waals surface area contributed by atoms with Crippen molar-refractivity contribution in [2.24, 2.45) is 11.3 Å². The number of aliphatic hydroxyl groups is 1. The number of carbonyl (C=O) groups is 1. The number of amides is 1. The van der Waals surface area contributed by atoms with Crippen LogP contribution in [0.5, 0.6) is 0 Å². The lowest BCUT2D eigenvalue weighted by atomic mass is 9.88. The lowest BCUT2D eigenvalue weighted by Gasteiger charge is -2.25. The first-order chi connectivity index (χ1) is 10.2. The van der Waals surface area contributed by atoms with Crippen LogP contribution in [0.2, 0.25) is 0 Å². The molecule has 0 aliphatic heterocycles. The standard InChI is InChI=1S/C17H23F2NO2/c1-17(2,3)8-11(9-21)20-16(22)14-7-12(14)13-6-10(18)4-5-15(13)19/h4-6,11-12,14,21H,7-9H2,1-3H3,(H,20,22). The zero-order valence-corrected chi connectivity index (χ0v) is 13.2. The highest BCUT2D eigenvalue weighted by Crippen LogP contribution is 2.48. The van der Waals surface area contributed by atoms with Crippen LogP contribution in [-0.4, -0.2) is 23.7 Å². The SMILES string of the molecule is CC(C)(C)CC(CO)NC(=O)C1CC1c1cc(F)ccc1F. The van der Waals surface area contributed by atoms with Gasteiger partial charge in [-0.1, -0.05) is 20.8 Å². The van der Waals surface area contributed by atoms with Crippen LogP contribution in [0.4, 0.5) is 8.78 Å². The molecule has 3 atom stereocenters. The molecule has 0 heterocycles. The number of carbonyl (C=O) groups excluding carboxylic acids is 1. The number of halogens is 2. The molecule has 1 saturated carbocycles. The van der Waals surface area contributed by atoms with Gasteiger partial charge in [-0.05, 0) is 47.9 Å². The van der Waals surface area contributed by atoms with Gasteiger partial charge in [0.15, 0.2) is 0 Å². The molecular formula is C17H23F2NO2. The van der Waals surface area contributed by atoms with Crippen molar-refractivity contribution in [2.45, 2.75) is 45.6 Å².